The second-order valence-corrected chi connectivity index (χ2v) is 10.7. The first-order valence-electron chi connectivity index (χ1n) is 11.6. The Balaban J connectivity index is 1.42. The van der Waals surface area contributed by atoms with Crippen LogP contribution in [0, 0.1) is 22.0 Å². The first kappa shape index (κ1) is 23.6. The third-order valence-corrected chi connectivity index (χ3v) is 9.00. The lowest BCUT2D eigenvalue weighted by Crippen LogP contribution is -2.57. The number of non-ortho nitro benzene ring substituents is 1. The molecule has 3 aromatic carbocycles. The molecule has 1 fully saturated rings. The molecule has 4 aliphatic rings. The number of benzene rings is 3. The van der Waals surface area contributed by atoms with Crippen LogP contribution in [0.25, 0.3) is 0 Å². The summed E-state index contributed by atoms with van der Waals surface area (Å²) in [5, 5.41) is 13.7. The Labute approximate surface area is 221 Å². The number of nitrogens with zero attached hydrogens (tertiary/aromatic N) is 2. The number of nitrogens with one attached hydrogen (secondary N) is 1. The normalized spacial score (nSPS) is 27.8. The number of hydrogen-bond acceptors (Lipinski definition) is 5. The highest BCUT2D eigenvalue weighted by molar-refractivity contribution is 6.36. The zero-order chi connectivity index (χ0) is 26.3. The Morgan fingerprint density at radius 2 is 1.35 bits per heavy atom. The largest absolute Gasteiger partial charge is 0.324 e. The molecule has 1 aliphatic heterocycles. The lowest BCUT2D eigenvalue weighted by atomic mass is 9.54. The molecule has 37 heavy (non-hydrogen) atoms. The van der Waals surface area contributed by atoms with Crippen LogP contribution in [0.2, 0.25) is 0 Å². The van der Waals surface area contributed by atoms with Gasteiger partial charge < -0.3 is 5.32 Å². The van der Waals surface area contributed by atoms with Crippen molar-refractivity contribution < 1.29 is 19.3 Å². The van der Waals surface area contributed by atoms with E-state index in [2.05, 4.69) is 5.32 Å². The fraction of sp³-hybridized carbons (Fsp3) is 0.222. The van der Waals surface area contributed by atoms with Gasteiger partial charge in [-0.05, 0) is 35.2 Å². The number of rotatable bonds is 4. The van der Waals surface area contributed by atoms with Gasteiger partial charge in [-0.2, -0.15) is 0 Å². The summed E-state index contributed by atoms with van der Waals surface area (Å²) in [4.78, 5) is 49.8. The quantitative estimate of drug-likeness (QED) is 0.228. The van der Waals surface area contributed by atoms with Gasteiger partial charge in [0, 0.05) is 17.8 Å². The molecular formula is C27H19Cl2N3O5. The van der Waals surface area contributed by atoms with Crippen molar-refractivity contribution >= 4 is 52.3 Å². The summed E-state index contributed by atoms with van der Waals surface area (Å²) >= 11 is 14.8. The maximum Gasteiger partial charge on any atom is 0.271 e. The monoisotopic (exact) mass is 535 g/mol. The maximum absolute atomic E-state index is 13.9. The fourth-order valence-corrected chi connectivity index (χ4v) is 7.23. The molecule has 7 rings (SSSR count). The predicted molar refractivity (Wildman–Crippen MR) is 136 cm³/mol. The third-order valence-electron chi connectivity index (χ3n) is 7.71. The lowest BCUT2D eigenvalue weighted by molar-refractivity contribution is -0.384. The zero-order valence-electron chi connectivity index (χ0n) is 19.4. The highest BCUT2D eigenvalue weighted by Gasteiger charge is 2.73. The van der Waals surface area contributed by atoms with Crippen molar-refractivity contribution in [3.63, 3.8) is 0 Å². The molecule has 0 radical (unpaired) electrons. The number of hydrogen-bond donors (Lipinski definition) is 1. The van der Waals surface area contributed by atoms with Gasteiger partial charge in [-0.3, -0.25) is 29.4 Å². The molecule has 1 N–H and O–H groups in total. The average Bonchev–Trinajstić information content (AvgIpc) is 3.17. The number of nitro groups is 1. The van der Waals surface area contributed by atoms with E-state index in [1.54, 1.807) is 0 Å². The zero-order valence-corrected chi connectivity index (χ0v) is 20.9. The van der Waals surface area contributed by atoms with Crippen LogP contribution in [0.15, 0.2) is 72.8 Å². The predicted octanol–water partition coefficient (Wildman–Crippen LogP) is 4.52. The molecule has 3 amide bonds. The average molecular weight is 536 g/mol. The summed E-state index contributed by atoms with van der Waals surface area (Å²) in [5.74, 6) is -3.87. The molecule has 3 aliphatic carbocycles. The summed E-state index contributed by atoms with van der Waals surface area (Å²) in [6.45, 7) is 1.43. The highest BCUT2D eigenvalue weighted by atomic mass is 35.5. The number of alkyl halides is 2. The lowest BCUT2D eigenvalue weighted by Gasteiger charge is -2.54. The van der Waals surface area contributed by atoms with Crippen LogP contribution in [0.4, 0.5) is 11.4 Å². The van der Waals surface area contributed by atoms with Crippen molar-refractivity contribution in [3.8, 4) is 0 Å². The van der Waals surface area contributed by atoms with Crippen LogP contribution in [-0.2, 0) is 24.1 Å². The van der Waals surface area contributed by atoms with Crippen molar-refractivity contribution in [2.45, 2.75) is 22.7 Å². The van der Waals surface area contributed by atoms with E-state index < -0.39 is 50.3 Å². The molecule has 1 saturated heterocycles. The standard InChI is InChI=1S/C27H19Cl2N3O5/c1-14(23(33)30-15-7-6-8-16(13-15)32(36)37)31-24(34)21-22(25(31)35)27(29)18-10-3-2-9-17(18)26(21,28)19-11-4-5-12-20(19)27/h2-14,21-22H,1H3,(H,30,33)/t14-,21-,22+,26?,27?/m0/s1. The van der Waals surface area contributed by atoms with Gasteiger partial charge in [0.15, 0.2) is 0 Å². The number of likely N-dealkylation sites (tertiary alicyclic amines) is 1. The van der Waals surface area contributed by atoms with Crippen LogP contribution in [0.1, 0.15) is 29.2 Å². The van der Waals surface area contributed by atoms with E-state index in [0.717, 1.165) is 4.90 Å². The van der Waals surface area contributed by atoms with E-state index in [0.29, 0.717) is 22.3 Å². The number of carbonyl (C=O) groups excluding carboxylic acids is 3. The summed E-state index contributed by atoms with van der Waals surface area (Å²) in [5.41, 5.74) is 2.65. The summed E-state index contributed by atoms with van der Waals surface area (Å²) in [6.07, 6.45) is 0. The van der Waals surface area contributed by atoms with E-state index in [-0.39, 0.29) is 11.4 Å². The fourth-order valence-electron chi connectivity index (χ4n) is 6.13. The second-order valence-electron chi connectivity index (χ2n) is 9.49. The van der Waals surface area contributed by atoms with E-state index in [4.69, 9.17) is 23.2 Å². The van der Waals surface area contributed by atoms with Gasteiger partial charge in [0.1, 0.15) is 15.8 Å². The first-order valence-corrected chi connectivity index (χ1v) is 12.4. The van der Waals surface area contributed by atoms with Crippen LogP contribution in [0.3, 0.4) is 0 Å². The Kier molecular flexibility index (Phi) is 5.03. The molecule has 0 spiro atoms. The number of carbonyl (C=O) groups is 3. The van der Waals surface area contributed by atoms with Gasteiger partial charge >= 0.3 is 0 Å². The minimum atomic E-state index is -1.34. The van der Waals surface area contributed by atoms with Crippen molar-refractivity contribution in [2.24, 2.45) is 11.8 Å². The van der Waals surface area contributed by atoms with Gasteiger partial charge in [0.25, 0.3) is 5.69 Å². The SMILES string of the molecule is C[C@@H](C(=O)Nc1cccc([N+](=O)[O-])c1)N1C(=O)[C@@H]2[C@H](C1=O)C1(Cl)c3ccccc3C2(Cl)c2ccccc21. The molecule has 3 atom stereocenters. The van der Waals surface area contributed by atoms with Crippen molar-refractivity contribution in [2.75, 3.05) is 5.32 Å². The van der Waals surface area contributed by atoms with E-state index >= 15 is 0 Å². The maximum atomic E-state index is 13.9. The van der Waals surface area contributed by atoms with Crippen LogP contribution >= 0.6 is 23.2 Å². The molecule has 0 unspecified atom stereocenters. The number of amides is 3. The van der Waals surface area contributed by atoms with Crippen molar-refractivity contribution in [1.29, 1.82) is 0 Å². The minimum Gasteiger partial charge on any atom is -0.324 e. The molecule has 1 heterocycles. The van der Waals surface area contributed by atoms with Crippen LogP contribution < -0.4 is 5.32 Å². The van der Waals surface area contributed by atoms with Crippen molar-refractivity contribution in [3.05, 3.63) is 105 Å². The number of nitro benzene ring substituents is 1. The number of halogens is 2. The van der Waals surface area contributed by atoms with E-state index in [9.17, 15) is 24.5 Å². The van der Waals surface area contributed by atoms with Gasteiger partial charge in [0.2, 0.25) is 17.7 Å². The van der Waals surface area contributed by atoms with Crippen LogP contribution in [-0.4, -0.2) is 33.6 Å². The summed E-state index contributed by atoms with van der Waals surface area (Å²) in [6, 6.07) is 18.8. The molecule has 0 saturated carbocycles. The summed E-state index contributed by atoms with van der Waals surface area (Å²) in [7, 11) is 0. The molecule has 186 valence electrons. The molecule has 8 nitrogen and oxygen atoms in total. The smallest absolute Gasteiger partial charge is 0.271 e. The van der Waals surface area contributed by atoms with Gasteiger partial charge in [-0.1, -0.05) is 54.6 Å². The van der Waals surface area contributed by atoms with Gasteiger partial charge in [-0.15, -0.1) is 23.2 Å². The Morgan fingerprint density at radius 1 is 0.892 bits per heavy atom. The first-order chi connectivity index (χ1) is 17.6. The van der Waals surface area contributed by atoms with E-state index in [1.807, 2.05) is 48.5 Å². The highest BCUT2D eigenvalue weighted by Crippen LogP contribution is 2.69. The van der Waals surface area contributed by atoms with E-state index in [1.165, 1.54) is 31.2 Å². The number of imide groups is 1. The Bertz CT molecular complexity index is 1420. The molecular weight excluding hydrogens is 517 g/mol. The van der Waals surface area contributed by atoms with Gasteiger partial charge in [0.05, 0.1) is 16.8 Å². The topological polar surface area (TPSA) is 110 Å². The molecule has 3 aromatic rings. The Morgan fingerprint density at radius 3 is 1.78 bits per heavy atom. The molecule has 2 bridgehead atoms. The second kappa shape index (κ2) is 7.87. The molecule has 0 aromatic heterocycles. The van der Waals surface area contributed by atoms with Gasteiger partial charge in [-0.25, -0.2) is 0 Å². The molecule has 10 heteroatoms. The van der Waals surface area contributed by atoms with Crippen LogP contribution in [0.5, 0.6) is 0 Å². The van der Waals surface area contributed by atoms with Crippen molar-refractivity contribution in [1.82, 2.24) is 4.90 Å². The Hall–Kier alpha value is -3.75. The number of anilines is 1. The summed E-state index contributed by atoms with van der Waals surface area (Å²) < 4.78 is 0. The minimum absolute atomic E-state index is 0.171. The third kappa shape index (κ3) is 2.94.